The van der Waals surface area contributed by atoms with Crippen molar-refractivity contribution in [1.29, 1.82) is 0 Å². The molecule has 1 saturated heterocycles. The summed E-state index contributed by atoms with van der Waals surface area (Å²) in [6, 6.07) is 32.6. The van der Waals surface area contributed by atoms with Gasteiger partial charge in [-0.05, 0) is 52.0 Å². The van der Waals surface area contributed by atoms with Gasteiger partial charge in [-0.15, -0.1) is 0 Å². The number of rotatable bonds is 1. The molecular weight excluding hydrogens is 519 g/mol. The van der Waals surface area contributed by atoms with E-state index in [9.17, 15) is 0 Å². The van der Waals surface area contributed by atoms with Crippen LogP contribution in [0.5, 0.6) is 0 Å². The summed E-state index contributed by atoms with van der Waals surface area (Å²) in [6.45, 7) is 8.45. The zero-order valence-corrected chi connectivity index (χ0v) is 23.9. The Bertz CT molecular complexity index is 2580. The second-order valence-corrected chi connectivity index (χ2v) is 12.8. The Morgan fingerprint density at radius 3 is 1.71 bits per heavy atom. The lowest BCUT2D eigenvalue weighted by Crippen LogP contribution is -2.41. The van der Waals surface area contributed by atoms with Crippen molar-refractivity contribution in [3.05, 3.63) is 91.0 Å². The zero-order chi connectivity index (χ0) is 28.1. The molecule has 42 heavy (non-hydrogen) atoms. The van der Waals surface area contributed by atoms with Gasteiger partial charge in [-0.3, -0.25) is 0 Å². The van der Waals surface area contributed by atoms with E-state index in [0.717, 1.165) is 49.5 Å². The third-order valence-corrected chi connectivity index (χ3v) is 10.1. The summed E-state index contributed by atoms with van der Waals surface area (Å²) in [5, 5.41) is 7.09. The number of hydrogen-bond donors (Lipinski definition) is 0. The first-order chi connectivity index (χ1) is 20.3. The van der Waals surface area contributed by atoms with E-state index in [1.54, 1.807) is 0 Å². The predicted octanol–water partition coefficient (Wildman–Crippen LogP) is 8.44. The second kappa shape index (κ2) is 7.27. The van der Waals surface area contributed by atoms with Crippen molar-refractivity contribution < 1.29 is 13.7 Å². The maximum absolute atomic E-state index is 6.62. The van der Waals surface area contributed by atoms with Crippen molar-refractivity contribution in [2.24, 2.45) is 0 Å². The molecular formula is C36H27BN2O3. The molecule has 5 nitrogen and oxygen atoms in total. The molecule has 4 aromatic heterocycles. The summed E-state index contributed by atoms with van der Waals surface area (Å²) in [5.74, 6) is 0. The normalized spacial score (nSPS) is 17.2. The molecule has 1 aliphatic rings. The van der Waals surface area contributed by atoms with Crippen molar-refractivity contribution in [2.75, 3.05) is 0 Å². The van der Waals surface area contributed by atoms with Crippen LogP contribution in [0, 0.1) is 0 Å². The monoisotopic (exact) mass is 546 g/mol. The fourth-order valence-corrected chi connectivity index (χ4v) is 7.44. The van der Waals surface area contributed by atoms with Gasteiger partial charge >= 0.3 is 7.12 Å². The highest BCUT2D eigenvalue weighted by atomic mass is 16.7. The minimum absolute atomic E-state index is 0.427. The summed E-state index contributed by atoms with van der Waals surface area (Å²) in [6.07, 6.45) is 0. The lowest BCUT2D eigenvalue weighted by molar-refractivity contribution is 0.00578. The summed E-state index contributed by atoms with van der Waals surface area (Å²) in [4.78, 5) is 0. The van der Waals surface area contributed by atoms with Crippen LogP contribution < -0.4 is 5.46 Å². The number of hydrogen-bond acceptors (Lipinski definition) is 3. The molecule has 0 unspecified atom stereocenters. The van der Waals surface area contributed by atoms with E-state index in [2.05, 4.69) is 121 Å². The van der Waals surface area contributed by atoms with Crippen LogP contribution in [-0.4, -0.2) is 27.1 Å². The van der Waals surface area contributed by atoms with Crippen LogP contribution in [0.25, 0.3) is 76.6 Å². The molecule has 9 aromatic rings. The van der Waals surface area contributed by atoms with Gasteiger partial charge in [0.1, 0.15) is 5.58 Å². The third-order valence-electron chi connectivity index (χ3n) is 10.1. The van der Waals surface area contributed by atoms with Crippen molar-refractivity contribution in [2.45, 2.75) is 38.9 Å². The molecule has 0 saturated carbocycles. The Morgan fingerprint density at radius 1 is 0.500 bits per heavy atom. The Morgan fingerprint density at radius 2 is 1.02 bits per heavy atom. The number of nitrogens with zero attached hydrogens (tertiary/aromatic N) is 2. The number of para-hydroxylation sites is 4. The van der Waals surface area contributed by atoms with Gasteiger partial charge in [0, 0.05) is 37.8 Å². The minimum Gasteiger partial charge on any atom is -0.454 e. The number of fused-ring (bicyclic) bond motifs is 12. The SMILES string of the molecule is CC1(C)OB(c2cccc3c4cccc5c4n(c4cccc6c7ccc8c9ccccc9oc8c7n5c64)c23)OC1(C)C. The lowest BCUT2D eigenvalue weighted by atomic mass is 9.77. The van der Waals surface area contributed by atoms with Gasteiger partial charge < -0.3 is 22.5 Å². The zero-order valence-electron chi connectivity index (χ0n) is 23.9. The maximum Gasteiger partial charge on any atom is 0.497 e. The maximum atomic E-state index is 6.62. The summed E-state index contributed by atoms with van der Waals surface area (Å²) >= 11 is 0. The van der Waals surface area contributed by atoms with E-state index in [4.69, 9.17) is 13.7 Å². The molecule has 1 aliphatic heterocycles. The predicted molar refractivity (Wildman–Crippen MR) is 173 cm³/mol. The highest BCUT2D eigenvalue weighted by Crippen LogP contribution is 2.44. The van der Waals surface area contributed by atoms with Crippen LogP contribution in [0.2, 0.25) is 0 Å². The molecule has 0 atom stereocenters. The van der Waals surface area contributed by atoms with E-state index in [1.165, 1.54) is 32.6 Å². The third kappa shape index (κ3) is 2.56. The average Bonchev–Trinajstić information content (AvgIpc) is 3.69. The lowest BCUT2D eigenvalue weighted by Gasteiger charge is -2.32. The summed E-state index contributed by atoms with van der Waals surface area (Å²) < 4.78 is 24.7. The molecule has 0 amide bonds. The molecule has 0 N–H and O–H groups in total. The molecule has 0 aliphatic carbocycles. The van der Waals surface area contributed by atoms with Crippen molar-refractivity contribution in [1.82, 2.24) is 8.80 Å². The highest BCUT2D eigenvalue weighted by molar-refractivity contribution is 6.65. The molecule has 0 spiro atoms. The standard InChI is InChI=1S/C36H27BN2O3/c1-35(2)36(3,4)42-37(41-35)26-14-7-11-21-22-12-8-16-28-31(22)38(30(21)26)27-15-9-13-23-24-18-19-25-20-10-5-6-17-29(20)40-34(25)33(24)39(28)32(23)27/h5-19H,1-4H3. The number of aromatic nitrogens is 2. The first-order valence-electron chi connectivity index (χ1n) is 14.6. The topological polar surface area (TPSA) is 40.4 Å². The molecule has 5 aromatic carbocycles. The number of benzene rings is 5. The van der Waals surface area contributed by atoms with Crippen LogP contribution >= 0.6 is 0 Å². The fraction of sp³-hybridized carbons (Fsp3) is 0.167. The summed E-state index contributed by atoms with van der Waals surface area (Å²) in [5.41, 5.74) is 8.94. The average molecular weight is 546 g/mol. The van der Waals surface area contributed by atoms with E-state index >= 15 is 0 Å². The Hall–Kier alpha value is -4.52. The van der Waals surface area contributed by atoms with Crippen LogP contribution in [0.3, 0.4) is 0 Å². The van der Waals surface area contributed by atoms with E-state index in [0.29, 0.717) is 0 Å². The van der Waals surface area contributed by atoms with Gasteiger partial charge in [0.05, 0.1) is 44.3 Å². The van der Waals surface area contributed by atoms with Crippen LogP contribution in [0.4, 0.5) is 0 Å². The highest BCUT2D eigenvalue weighted by Gasteiger charge is 2.52. The van der Waals surface area contributed by atoms with Gasteiger partial charge in [-0.1, -0.05) is 66.7 Å². The molecule has 10 rings (SSSR count). The Balaban J connectivity index is 1.44. The van der Waals surface area contributed by atoms with Crippen LogP contribution in [0.15, 0.2) is 95.4 Å². The Kier molecular flexibility index (Phi) is 4.00. The Labute approximate surface area is 241 Å². The van der Waals surface area contributed by atoms with Gasteiger partial charge in [-0.25, -0.2) is 0 Å². The van der Waals surface area contributed by atoms with Crippen LogP contribution in [-0.2, 0) is 9.31 Å². The molecule has 1 fully saturated rings. The molecule has 5 heterocycles. The quantitative estimate of drug-likeness (QED) is 0.153. The minimum atomic E-state index is -0.468. The van der Waals surface area contributed by atoms with Crippen molar-refractivity contribution in [3.8, 4) is 0 Å². The summed E-state index contributed by atoms with van der Waals surface area (Å²) in [7, 11) is -0.468. The van der Waals surface area contributed by atoms with E-state index in [-0.39, 0.29) is 0 Å². The largest absolute Gasteiger partial charge is 0.497 e. The second-order valence-electron chi connectivity index (χ2n) is 12.8. The van der Waals surface area contributed by atoms with Crippen molar-refractivity contribution in [3.63, 3.8) is 0 Å². The molecule has 6 heteroatoms. The number of furan rings is 1. The first kappa shape index (κ1) is 23.1. The molecule has 0 radical (unpaired) electrons. The fourth-order valence-electron chi connectivity index (χ4n) is 7.44. The molecule has 202 valence electrons. The van der Waals surface area contributed by atoms with Crippen LogP contribution in [0.1, 0.15) is 27.7 Å². The van der Waals surface area contributed by atoms with Gasteiger partial charge in [-0.2, -0.15) is 0 Å². The van der Waals surface area contributed by atoms with Crippen molar-refractivity contribution >= 4 is 89.2 Å². The van der Waals surface area contributed by atoms with Gasteiger partial charge in [0.25, 0.3) is 0 Å². The van der Waals surface area contributed by atoms with Gasteiger partial charge in [0.15, 0.2) is 5.58 Å². The molecule has 0 bridgehead atoms. The smallest absolute Gasteiger partial charge is 0.454 e. The van der Waals surface area contributed by atoms with E-state index < -0.39 is 18.3 Å². The first-order valence-corrected chi connectivity index (χ1v) is 14.6. The van der Waals surface area contributed by atoms with Gasteiger partial charge in [0.2, 0.25) is 0 Å². The van der Waals surface area contributed by atoms with E-state index in [1.807, 2.05) is 6.07 Å².